The molecule has 2 aromatic rings. The molecule has 0 aliphatic heterocycles. The minimum absolute atomic E-state index is 0.0507. The minimum Gasteiger partial charge on any atom is -0.506 e. The van der Waals surface area contributed by atoms with Crippen molar-refractivity contribution in [1.29, 1.82) is 0 Å². The summed E-state index contributed by atoms with van der Waals surface area (Å²) in [4.78, 5) is 11.9. The molecule has 0 aliphatic carbocycles. The van der Waals surface area contributed by atoms with Crippen molar-refractivity contribution >= 4 is 34.8 Å². The summed E-state index contributed by atoms with van der Waals surface area (Å²) in [6.07, 6.45) is 0.741. The van der Waals surface area contributed by atoms with Crippen LogP contribution in [0.15, 0.2) is 36.4 Å². The van der Waals surface area contributed by atoms with Gasteiger partial charge in [-0.25, -0.2) is 0 Å². The quantitative estimate of drug-likeness (QED) is 0.809. The molecule has 2 aromatic carbocycles. The molecule has 0 heterocycles. The number of benzene rings is 2. The first kappa shape index (κ1) is 15.7. The molecule has 0 unspecified atom stereocenters. The molecule has 1 amide bonds. The Morgan fingerprint density at radius 1 is 1.24 bits per heavy atom. The largest absolute Gasteiger partial charge is 0.506 e. The zero-order valence-corrected chi connectivity index (χ0v) is 13.0. The number of hydrogen-bond donors (Lipinski definition) is 2. The molecule has 2 rings (SSSR count). The van der Waals surface area contributed by atoms with E-state index in [1.165, 1.54) is 0 Å². The maximum absolute atomic E-state index is 11.9. The lowest BCUT2D eigenvalue weighted by atomic mass is 10.1. The van der Waals surface area contributed by atoms with Crippen molar-refractivity contribution < 1.29 is 9.90 Å². The summed E-state index contributed by atoms with van der Waals surface area (Å²) in [5.74, 6) is -0.137. The lowest BCUT2D eigenvalue weighted by Crippen LogP contribution is -2.12. The van der Waals surface area contributed by atoms with E-state index in [0.717, 1.165) is 11.1 Å². The van der Waals surface area contributed by atoms with Crippen molar-refractivity contribution in [2.45, 2.75) is 19.8 Å². The Labute approximate surface area is 133 Å². The molecule has 21 heavy (non-hydrogen) atoms. The fourth-order valence-electron chi connectivity index (χ4n) is 1.95. The standard InChI is InChI=1S/C16H15Cl2NO2/c1-10-5-7-14(20)13(9-10)19-15(21)8-6-11-3-2-4-12(17)16(11)18/h2-5,7,9,20H,6,8H2,1H3,(H,19,21). The molecule has 5 heteroatoms. The Balaban J connectivity index is 1.99. The van der Waals surface area contributed by atoms with Crippen molar-refractivity contribution in [3.05, 3.63) is 57.6 Å². The predicted molar refractivity (Wildman–Crippen MR) is 86.3 cm³/mol. The van der Waals surface area contributed by atoms with Crippen LogP contribution in [0.5, 0.6) is 5.75 Å². The highest BCUT2D eigenvalue weighted by Gasteiger charge is 2.09. The van der Waals surface area contributed by atoms with Gasteiger partial charge in [-0.3, -0.25) is 4.79 Å². The van der Waals surface area contributed by atoms with Crippen LogP contribution in [0.3, 0.4) is 0 Å². The van der Waals surface area contributed by atoms with E-state index in [2.05, 4.69) is 5.32 Å². The molecule has 3 nitrogen and oxygen atoms in total. The molecule has 0 aliphatic rings. The Morgan fingerprint density at radius 3 is 2.76 bits per heavy atom. The summed E-state index contributed by atoms with van der Waals surface area (Å²) in [7, 11) is 0. The van der Waals surface area contributed by atoms with Crippen molar-refractivity contribution in [2.75, 3.05) is 5.32 Å². The first-order valence-corrected chi connectivity index (χ1v) is 7.25. The third-order valence-corrected chi connectivity index (χ3v) is 3.94. The van der Waals surface area contributed by atoms with Crippen LogP contribution < -0.4 is 5.32 Å². The number of phenols is 1. The van der Waals surface area contributed by atoms with Gasteiger partial charge in [0.05, 0.1) is 15.7 Å². The van der Waals surface area contributed by atoms with E-state index in [-0.39, 0.29) is 18.1 Å². The number of aromatic hydroxyl groups is 1. The molecule has 110 valence electrons. The highest BCUT2D eigenvalue weighted by molar-refractivity contribution is 6.42. The van der Waals surface area contributed by atoms with Crippen molar-refractivity contribution in [2.24, 2.45) is 0 Å². The third kappa shape index (κ3) is 4.13. The molecule has 0 atom stereocenters. The number of carbonyl (C=O) groups excluding carboxylic acids is 1. The SMILES string of the molecule is Cc1ccc(O)c(NC(=O)CCc2cccc(Cl)c2Cl)c1. The van der Waals surface area contributed by atoms with Gasteiger partial charge in [-0.2, -0.15) is 0 Å². The van der Waals surface area contributed by atoms with Crippen LogP contribution in [0.25, 0.3) is 0 Å². The van der Waals surface area contributed by atoms with Gasteiger partial charge in [-0.15, -0.1) is 0 Å². The van der Waals surface area contributed by atoms with Gasteiger partial charge in [0.1, 0.15) is 5.75 Å². The second-order valence-electron chi connectivity index (χ2n) is 4.78. The minimum atomic E-state index is -0.188. The first-order valence-electron chi connectivity index (χ1n) is 6.49. The average Bonchev–Trinajstić information content (AvgIpc) is 2.44. The maximum Gasteiger partial charge on any atom is 0.224 e. The van der Waals surface area contributed by atoms with Gasteiger partial charge in [0.25, 0.3) is 0 Å². The molecule has 2 N–H and O–H groups in total. The topological polar surface area (TPSA) is 49.3 Å². The fraction of sp³-hybridized carbons (Fsp3) is 0.188. The fourth-order valence-corrected chi connectivity index (χ4v) is 2.37. The highest BCUT2D eigenvalue weighted by Crippen LogP contribution is 2.27. The average molecular weight is 324 g/mol. The van der Waals surface area contributed by atoms with Gasteiger partial charge in [0, 0.05) is 6.42 Å². The van der Waals surface area contributed by atoms with E-state index in [0.29, 0.717) is 22.2 Å². The number of halogens is 2. The number of nitrogens with one attached hydrogen (secondary N) is 1. The maximum atomic E-state index is 11.9. The molecule has 0 saturated heterocycles. The van der Waals surface area contributed by atoms with Crippen molar-refractivity contribution in [3.63, 3.8) is 0 Å². The molecule has 0 aromatic heterocycles. The predicted octanol–water partition coefficient (Wildman–Crippen LogP) is 4.58. The van der Waals surface area contributed by atoms with E-state index >= 15 is 0 Å². The summed E-state index contributed by atoms with van der Waals surface area (Å²) in [6, 6.07) is 10.4. The smallest absolute Gasteiger partial charge is 0.224 e. The molecule has 0 saturated carbocycles. The highest BCUT2D eigenvalue weighted by atomic mass is 35.5. The van der Waals surface area contributed by atoms with E-state index in [4.69, 9.17) is 23.2 Å². The van der Waals surface area contributed by atoms with Crippen LogP contribution in [0.4, 0.5) is 5.69 Å². The molecule has 0 spiro atoms. The second kappa shape index (κ2) is 6.83. The summed E-state index contributed by atoms with van der Waals surface area (Å²) < 4.78 is 0. The summed E-state index contributed by atoms with van der Waals surface area (Å²) in [5.41, 5.74) is 2.20. The number of amides is 1. The van der Waals surface area contributed by atoms with Crippen LogP contribution in [-0.4, -0.2) is 11.0 Å². The van der Waals surface area contributed by atoms with Gasteiger partial charge < -0.3 is 10.4 Å². The number of rotatable bonds is 4. The zero-order valence-electron chi connectivity index (χ0n) is 11.5. The Kier molecular flexibility index (Phi) is 5.10. The molecule has 0 fully saturated rings. The Hall–Kier alpha value is -1.71. The number of phenolic OH excluding ortho intramolecular Hbond substituents is 1. The first-order chi connectivity index (χ1) is 9.97. The summed E-state index contributed by atoms with van der Waals surface area (Å²) >= 11 is 12.0. The summed E-state index contributed by atoms with van der Waals surface area (Å²) in [5, 5.41) is 13.3. The van der Waals surface area contributed by atoms with Crippen molar-refractivity contribution in [3.8, 4) is 5.75 Å². The van der Waals surface area contributed by atoms with Crippen LogP contribution in [-0.2, 0) is 11.2 Å². The molecular formula is C16H15Cl2NO2. The third-order valence-electron chi connectivity index (χ3n) is 3.08. The zero-order chi connectivity index (χ0) is 15.4. The summed E-state index contributed by atoms with van der Waals surface area (Å²) in [6.45, 7) is 1.89. The van der Waals surface area contributed by atoms with Gasteiger partial charge in [-0.05, 0) is 42.7 Å². The van der Waals surface area contributed by atoms with Gasteiger partial charge in [0.2, 0.25) is 5.91 Å². The molecule has 0 bridgehead atoms. The second-order valence-corrected chi connectivity index (χ2v) is 5.57. The lowest BCUT2D eigenvalue weighted by molar-refractivity contribution is -0.116. The Morgan fingerprint density at radius 2 is 2.00 bits per heavy atom. The molecule has 0 radical (unpaired) electrons. The van der Waals surface area contributed by atoms with Crippen LogP contribution in [0, 0.1) is 6.92 Å². The number of anilines is 1. The lowest BCUT2D eigenvalue weighted by Gasteiger charge is -2.09. The molecular weight excluding hydrogens is 309 g/mol. The van der Waals surface area contributed by atoms with Crippen LogP contribution >= 0.6 is 23.2 Å². The van der Waals surface area contributed by atoms with Crippen LogP contribution in [0.2, 0.25) is 10.0 Å². The van der Waals surface area contributed by atoms with Gasteiger partial charge in [0.15, 0.2) is 0 Å². The monoisotopic (exact) mass is 323 g/mol. The van der Waals surface area contributed by atoms with Gasteiger partial charge in [-0.1, -0.05) is 41.4 Å². The van der Waals surface area contributed by atoms with Crippen molar-refractivity contribution in [1.82, 2.24) is 0 Å². The normalized spacial score (nSPS) is 10.4. The number of hydrogen-bond acceptors (Lipinski definition) is 2. The van der Waals surface area contributed by atoms with Gasteiger partial charge >= 0.3 is 0 Å². The van der Waals surface area contributed by atoms with E-state index in [1.54, 1.807) is 30.3 Å². The Bertz CT molecular complexity index is 671. The number of carbonyl (C=O) groups is 1. The van der Waals surface area contributed by atoms with Crippen LogP contribution in [0.1, 0.15) is 17.5 Å². The van der Waals surface area contributed by atoms with E-state index in [1.807, 2.05) is 13.0 Å². The van der Waals surface area contributed by atoms with E-state index < -0.39 is 0 Å². The number of aryl methyl sites for hydroxylation is 2. The van der Waals surface area contributed by atoms with E-state index in [9.17, 15) is 9.90 Å².